The first-order valence-corrected chi connectivity index (χ1v) is 9.61. The highest BCUT2D eigenvalue weighted by molar-refractivity contribution is 7.89. The highest BCUT2D eigenvalue weighted by Gasteiger charge is 2.31. The van der Waals surface area contributed by atoms with E-state index in [1.165, 1.54) is 13.2 Å². The lowest BCUT2D eigenvalue weighted by Gasteiger charge is -2.13. The van der Waals surface area contributed by atoms with Crippen molar-refractivity contribution in [1.82, 2.24) is 4.72 Å². The number of nitrogens with one attached hydrogen (secondary N) is 2. The van der Waals surface area contributed by atoms with Crippen molar-refractivity contribution < 1.29 is 31.1 Å². The van der Waals surface area contributed by atoms with Crippen molar-refractivity contribution in [2.24, 2.45) is 0 Å². The summed E-state index contributed by atoms with van der Waals surface area (Å²) in [6, 6.07) is 6.24. The molecule has 0 fully saturated rings. The Balaban J connectivity index is 2.11. The third kappa shape index (κ3) is 5.37. The van der Waals surface area contributed by atoms with Crippen LogP contribution >= 0.6 is 11.6 Å². The van der Waals surface area contributed by atoms with Gasteiger partial charge in [0.05, 0.1) is 29.8 Å². The summed E-state index contributed by atoms with van der Waals surface area (Å²) in [5.74, 6) is -0.472. The molecule has 0 aliphatic heterocycles. The normalized spacial score (nSPS) is 11.9. The summed E-state index contributed by atoms with van der Waals surface area (Å²) in [5.41, 5.74) is -0.184. The van der Waals surface area contributed by atoms with Crippen LogP contribution in [0.2, 0.25) is 5.02 Å². The van der Waals surface area contributed by atoms with Gasteiger partial charge in [-0.05, 0) is 36.8 Å². The predicted octanol–water partition coefficient (Wildman–Crippen LogP) is 3.59. The molecule has 1 amide bonds. The van der Waals surface area contributed by atoms with E-state index in [2.05, 4.69) is 5.32 Å². The first kappa shape index (κ1) is 22.0. The second-order valence-electron chi connectivity index (χ2n) is 5.70. The third-order valence-electron chi connectivity index (χ3n) is 3.65. The molecule has 2 N–H and O–H groups in total. The van der Waals surface area contributed by atoms with Crippen LogP contribution < -0.4 is 14.8 Å². The number of sulfonamides is 1. The molecule has 28 heavy (non-hydrogen) atoms. The van der Waals surface area contributed by atoms with Crippen molar-refractivity contribution >= 4 is 33.2 Å². The van der Waals surface area contributed by atoms with Crippen LogP contribution in [0.4, 0.5) is 18.9 Å². The fourth-order valence-electron chi connectivity index (χ4n) is 2.21. The molecule has 2 aromatic carbocycles. The zero-order valence-corrected chi connectivity index (χ0v) is 16.3. The van der Waals surface area contributed by atoms with Crippen LogP contribution in [0.3, 0.4) is 0 Å². The Hall–Kier alpha value is -2.30. The summed E-state index contributed by atoms with van der Waals surface area (Å²) < 4.78 is 69.7. The van der Waals surface area contributed by atoms with E-state index >= 15 is 0 Å². The second-order valence-corrected chi connectivity index (χ2v) is 7.87. The van der Waals surface area contributed by atoms with Crippen LogP contribution in [0.25, 0.3) is 0 Å². The summed E-state index contributed by atoms with van der Waals surface area (Å²) in [6.45, 7) is 1.01. The summed E-state index contributed by atoms with van der Waals surface area (Å²) in [7, 11) is -2.96. The quantitative estimate of drug-likeness (QED) is 0.724. The van der Waals surface area contributed by atoms with Crippen molar-refractivity contribution in [3.63, 3.8) is 0 Å². The minimum absolute atomic E-state index is 0.268. The molecule has 0 saturated carbocycles. The average Bonchev–Trinajstić information content (AvgIpc) is 2.62. The molecule has 2 rings (SSSR count). The van der Waals surface area contributed by atoms with E-state index in [0.29, 0.717) is 16.7 Å². The summed E-state index contributed by atoms with van der Waals surface area (Å²) in [5, 5.41) is 2.88. The van der Waals surface area contributed by atoms with Crippen molar-refractivity contribution in [2.75, 3.05) is 19.0 Å². The van der Waals surface area contributed by atoms with Crippen LogP contribution in [-0.2, 0) is 21.0 Å². The number of carbonyl (C=O) groups is 1. The summed E-state index contributed by atoms with van der Waals surface area (Å²) >= 11 is 5.97. The first-order chi connectivity index (χ1) is 12.9. The highest BCUT2D eigenvalue weighted by Crippen LogP contribution is 2.31. The minimum atomic E-state index is -4.69. The van der Waals surface area contributed by atoms with Gasteiger partial charge >= 0.3 is 6.18 Å². The number of hydrogen-bond acceptors (Lipinski definition) is 4. The number of amides is 1. The van der Waals surface area contributed by atoms with Gasteiger partial charge in [0.15, 0.2) is 0 Å². The lowest BCUT2D eigenvalue weighted by molar-refractivity contribution is -0.137. The number of hydrogen-bond donors (Lipinski definition) is 2. The zero-order valence-electron chi connectivity index (χ0n) is 14.7. The fourth-order valence-corrected chi connectivity index (χ4v) is 3.39. The van der Waals surface area contributed by atoms with E-state index < -0.39 is 39.1 Å². The molecule has 2 aromatic rings. The lowest BCUT2D eigenvalue weighted by Crippen LogP contribution is -2.33. The topological polar surface area (TPSA) is 84.5 Å². The molecule has 0 aromatic heterocycles. The molecule has 11 heteroatoms. The maximum atomic E-state index is 12.7. The van der Waals surface area contributed by atoms with Gasteiger partial charge in [0.1, 0.15) is 5.75 Å². The van der Waals surface area contributed by atoms with Crippen LogP contribution in [0.15, 0.2) is 41.3 Å². The number of ether oxygens (including phenoxy) is 1. The number of anilines is 1. The molecule has 0 aliphatic carbocycles. The molecule has 0 aliphatic rings. The molecule has 0 heterocycles. The highest BCUT2D eigenvalue weighted by atomic mass is 35.5. The Morgan fingerprint density at radius 2 is 1.89 bits per heavy atom. The van der Waals surface area contributed by atoms with E-state index in [1.54, 1.807) is 13.0 Å². The van der Waals surface area contributed by atoms with Gasteiger partial charge in [-0.1, -0.05) is 17.7 Å². The lowest BCUT2D eigenvalue weighted by atomic mass is 10.2. The first-order valence-electron chi connectivity index (χ1n) is 7.75. The maximum Gasteiger partial charge on any atom is 0.416 e. The molecule has 6 nitrogen and oxygen atoms in total. The van der Waals surface area contributed by atoms with E-state index in [9.17, 15) is 26.4 Å². The molecular formula is C17H16ClF3N2O4S. The van der Waals surface area contributed by atoms with E-state index in [1.807, 2.05) is 4.72 Å². The van der Waals surface area contributed by atoms with E-state index in [4.69, 9.17) is 16.3 Å². The molecule has 0 radical (unpaired) electrons. The van der Waals surface area contributed by atoms with Gasteiger partial charge in [0.2, 0.25) is 15.9 Å². The van der Waals surface area contributed by atoms with Gasteiger partial charge in [0, 0.05) is 11.1 Å². The second kappa shape index (κ2) is 8.38. The number of halogens is 4. The molecular weight excluding hydrogens is 421 g/mol. The molecule has 0 atom stereocenters. The van der Waals surface area contributed by atoms with Crippen LogP contribution in [0.5, 0.6) is 5.75 Å². The number of rotatable bonds is 6. The van der Waals surface area contributed by atoms with Crippen molar-refractivity contribution in [3.05, 3.63) is 52.5 Å². The molecule has 0 bridgehead atoms. The van der Waals surface area contributed by atoms with Crippen LogP contribution in [0.1, 0.15) is 11.1 Å². The minimum Gasteiger partial charge on any atom is -0.495 e. The van der Waals surface area contributed by atoms with Gasteiger partial charge in [-0.15, -0.1) is 0 Å². The van der Waals surface area contributed by atoms with Crippen molar-refractivity contribution in [1.29, 1.82) is 0 Å². The van der Waals surface area contributed by atoms with Crippen LogP contribution in [0, 0.1) is 6.92 Å². The van der Waals surface area contributed by atoms with Crippen LogP contribution in [-0.4, -0.2) is 28.0 Å². The Morgan fingerprint density at radius 3 is 2.50 bits per heavy atom. The predicted molar refractivity (Wildman–Crippen MR) is 98.0 cm³/mol. The number of alkyl halides is 3. The molecule has 152 valence electrons. The molecule has 0 spiro atoms. The fraction of sp³-hybridized carbons (Fsp3) is 0.235. The monoisotopic (exact) mass is 436 g/mol. The van der Waals surface area contributed by atoms with E-state index in [-0.39, 0.29) is 11.4 Å². The number of benzene rings is 2. The smallest absolute Gasteiger partial charge is 0.416 e. The van der Waals surface area contributed by atoms with Gasteiger partial charge in [-0.2, -0.15) is 13.2 Å². The summed E-state index contributed by atoms with van der Waals surface area (Å²) in [4.78, 5) is 11.5. The largest absolute Gasteiger partial charge is 0.495 e. The summed E-state index contributed by atoms with van der Waals surface area (Å²) in [6.07, 6.45) is -4.69. The Morgan fingerprint density at radius 1 is 1.21 bits per heavy atom. The average molecular weight is 437 g/mol. The Labute approximate surface area is 164 Å². The third-order valence-corrected chi connectivity index (χ3v) is 5.46. The van der Waals surface area contributed by atoms with Gasteiger partial charge in [0.25, 0.3) is 0 Å². The molecule has 0 unspecified atom stereocenters. The van der Waals surface area contributed by atoms with Gasteiger partial charge in [-0.25, -0.2) is 13.1 Å². The SMILES string of the molecule is COc1cc(Cl)c(C)cc1NC(=O)CNS(=O)(=O)c1cccc(C(F)(F)F)c1. The standard InChI is InChI=1S/C17H16ClF3N2O4S/c1-10-6-14(15(27-2)8-13(10)18)23-16(24)9-22-28(25,26)12-5-3-4-11(7-12)17(19,20)21/h3-8,22H,9H2,1-2H3,(H,23,24). The molecule has 0 saturated heterocycles. The zero-order chi connectivity index (χ0) is 21.1. The van der Waals surface area contributed by atoms with E-state index in [0.717, 1.165) is 18.2 Å². The number of aryl methyl sites for hydroxylation is 1. The van der Waals surface area contributed by atoms with Gasteiger partial charge < -0.3 is 10.1 Å². The van der Waals surface area contributed by atoms with Crippen molar-refractivity contribution in [3.8, 4) is 5.75 Å². The Kier molecular flexibility index (Phi) is 6.58. The maximum absolute atomic E-state index is 12.7. The number of carbonyl (C=O) groups excluding carboxylic acids is 1. The van der Waals surface area contributed by atoms with Gasteiger partial charge in [-0.3, -0.25) is 4.79 Å². The Bertz CT molecular complexity index is 994. The number of methoxy groups -OCH3 is 1. The van der Waals surface area contributed by atoms with Crippen molar-refractivity contribution in [2.45, 2.75) is 18.0 Å².